The van der Waals surface area contributed by atoms with Crippen molar-refractivity contribution in [3.05, 3.63) is 41.7 Å². The zero-order chi connectivity index (χ0) is 12.8. The van der Waals surface area contributed by atoms with Gasteiger partial charge in [0.2, 0.25) is 5.52 Å². The summed E-state index contributed by atoms with van der Waals surface area (Å²) in [7, 11) is 0. The topological polar surface area (TPSA) is 19.7 Å². The highest BCUT2D eigenvalue weighted by Gasteiger charge is 2.18. The van der Waals surface area contributed by atoms with Crippen molar-refractivity contribution >= 4 is 21.8 Å². The zero-order valence-electron chi connectivity index (χ0n) is 11.4. The van der Waals surface area contributed by atoms with Gasteiger partial charge in [0.25, 0.3) is 0 Å². The molecule has 0 saturated carbocycles. The minimum Gasteiger partial charge on any atom is -0.357 e. The second-order valence-electron chi connectivity index (χ2n) is 5.50. The van der Waals surface area contributed by atoms with Crippen molar-refractivity contribution in [2.75, 3.05) is 0 Å². The molecule has 0 radical (unpaired) electrons. The van der Waals surface area contributed by atoms with Crippen LogP contribution < -0.4 is 4.57 Å². The van der Waals surface area contributed by atoms with Gasteiger partial charge in [0.15, 0.2) is 6.20 Å². The lowest BCUT2D eigenvalue weighted by molar-refractivity contribution is -0.667. The largest absolute Gasteiger partial charge is 0.357 e. The molecule has 0 bridgehead atoms. The van der Waals surface area contributed by atoms with Crippen LogP contribution in [0.5, 0.6) is 0 Å². The van der Waals surface area contributed by atoms with Gasteiger partial charge in [0.05, 0.1) is 10.9 Å². The Labute approximate surface area is 113 Å². The Morgan fingerprint density at radius 2 is 2.00 bits per heavy atom. The van der Waals surface area contributed by atoms with Gasteiger partial charge in [-0.3, -0.25) is 0 Å². The van der Waals surface area contributed by atoms with Crippen LogP contribution in [-0.2, 0) is 19.4 Å². The highest BCUT2D eigenvalue weighted by Crippen LogP contribution is 2.32. The number of benzene rings is 1. The third-order valence-corrected chi connectivity index (χ3v) is 4.47. The fraction of sp³-hybridized carbons (Fsp3) is 0.353. The molecule has 1 aromatic carbocycles. The Morgan fingerprint density at radius 1 is 1.11 bits per heavy atom. The molecule has 2 nitrogen and oxygen atoms in total. The number of hydrogen-bond donors (Lipinski definition) is 1. The van der Waals surface area contributed by atoms with Gasteiger partial charge < -0.3 is 4.98 Å². The van der Waals surface area contributed by atoms with Crippen molar-refractivity contribution in [3.8, 4) is 0 Å². The monoisotopic (exact) mass is 251 g/mol. The molecule has 0 atom stereocenters. The molecule has 2 heterocycles. The van der Waals surface area contributed by atoms with E-state index in [4.69, 9.17) is 0 Å². The summed E-state index contributed by atoms with van der Waals surface area (Å²) < 4.78 is 2.31. The van der Waals surface area contributed by atoms with Crippen LogP contribution in [0.15, 0.2) is 30.5 Å². The van der Waals surface area contributed by atoms with E-state index >= 15 is 0 Å². The van der Waals surface area contributed by atoms with Crippen LogP contribution in [0.4, 0.5) is 0 Å². The predicted molar refractivity (Wildman–Crippen MR) is 78.3 cm³/mol. The Hall–Kier alpha value is -1.83. The summed E-state index contributed by atoms with van der Waals surface area (Å²) >= 11 is 0. The SMILES string of the molecule is CC[n+]1cccc2c3[nH]c4c(c3ccc21)CCCC4. The first-order valence-corrected chi connectivity index (χ1v) is 7.33. The fourth-order valence-electron chi connectivity index (χ4n) is 3.50. The standard InChI is InChI=1S/C17H18N2/c1-2-19-11-5-7-14-16(19)10-9-13-12-6-3-4-8-15(12)18-17(13)14/h5,7,9-11H,2-4,6,8H2,1H3/p+1. The van der Waals surface area contributed by atoms with Gasteiger partial charge in [-0.2, -0.15) is 4.57 Å². The number of aromatic amines is 1. The van der Waals surface area contributed by atoms with Crippen LogP contribution in [0.1, 0.15) is 31.0 Å². The number of aryl methyl sites for hydroxylation is 3. The second kappa shape index (κ2) is 4.09. The number of rotatable bonds is 1. The maximum Gasteiger partial charge on any atom is 0.214 e. The smallest absolute Gasteiger partial charge is 0.214 e. The molecule has 19 heavy (non-hydrogen) atoms. The second-order valence-corrected chi connectivity index (χ2v) is 5.50. The van der Waals surface area contributed by atoms with Crippen molar-refractivity contribution in [2.45, 2.75) is 39.2 Å². The highest BCUT2D eigenvalue weighted by molar-refractivity contribution is 6.04. The van der Waals surface area contributed by atoms with Crippen molar-refractivity contribution in [2.24, 2.45) is 0 Å². The van der Waals surface area contributed by atoms with Crippen molar-refractivity contribution < 1.29 is 4.57 Å². The fourth-order valence-corrected chi connectivity index (χ4v) is 3.50. The molecule has 0 aliphatic heterocycles. The van der Waals surface area contributed by atoms with Gasteiger partial charge in [-0.25, -0.2) is 0 Å². The lowest BCUT2D eigenvalue weighted by Gasteiger charge is -2.10. The summed E-state index contributed by atoms with van der Waals surface area (Å²) in [6, 6.07) is 8.99. The molecule has 0 saturated heterocycles. The Bertz CT molecular complexity index is 768. The number of pyridine rings is 1. The minimum atomic E-state index is 1.02. The first-order valence-electron chi connectivity index (χ1n) is 7.33. The van der Waals surface area contributed by atoms with Gasteiger partial charge in [-0.05, 0) is 50.3 Å². The average Bonchev–Trinajstić information content (AvgIpc) is 2.85. The first-order chi connectivity index (χ1) is 9.38. The third kappa shape index (κ3) is 1.52. The van der Waals surface area contributed by atoms with E-state index in [9.17, 15) is 0 Å². The quantitative estimate of drug-likeness (QED) is 0.639. The summed E-state index contributed by atoms with van der Waals surface area (Å²) in [5, 5.41) is 2.80. The molecule has 4 rings (SSSR count). The van der Waals surface area contributed by atoms with Crippen molar-refractivity contribution in [1.29, 1.82) is 0 Å². The number of nitrogens with zero attached hydrogens (tertiary/aromatic N) is 1. The molecule has 0 spiro atoms. The van der Waals surface area contributed by atoms with Crippen molar-refractivity contribution in [1.82, 2.24) is 4.98 Å². The molecule has 96 valence electrons. The van der Waals surface area contributed by atoms with Crippen LogP contribution in [0.2, 0.25) is 0 Å². The Morgan fingerprint density at radius 3 is 2.89 bits per heavy atom. The molecule has 0 amide bonds. The minimum absolute atomic E-state index is 1.02. The number of hydrogen-bond acceptors (Lipinski definition) is 0. The van der Waals surface area contributed by atoms with Crippen LogP contribution in [-0.4, -0.2) is 4.98 Å². The molecule has 1 N–H and O–H groups in total. The van der Waals surface area contributed by atoms with Crippen LogP contribution in [0.3, 0.4) is 0 Å². The third-order valence-electron chi connectivity index (χ3n) is 4.47. The molecule has 1 aliphatic carbocycles. The van der Waals surface area contributed by atoms with E-state index < -0.39 is 0 Å². The summed E-state index contributed by atoms with van der Waals surface area (Å²) in [5.41, 5.74) is 5.71. The molecular formula is C17H19N2+. The lowest BCUT2D eigenvalue weighted by Crippen LogP contribution is -2.32. The summed E-state index contributed by atoms with van der Waals surface area (Å²) in [4.78, 5) is 3.70. The van der Waals surface area contributed by atoms with E-state index in [2.05, 4.69) is 46.9 Å². The van der Waals surface area contributed by atoms with Crippen LogP contribution in [0.25, 0.3) is 21.8 Å². The number of aromatic nitrogens is 2. The van der Waals surface area contributed by atoms with E-state index in [0.29, 0.717) is 0 Å². The normalized spacial score (nSPS) is 15.0. The highest BCUT2D eigenvalue weighted by atomic mass is 14.9. The predicted octanol–water partition coefficient (Wildman–Crippen LogP) is 3.51. The molecule has 2 heteroatoms. The van der Waals surface area contributed by atoms with Crippen LogP contribution in [0, 0.1) is 0 Å². The van der Waals surface area contributed by atoms with Crippen LogP contribution >= 0.6 is 0 Å². The Balaban J connectivity index is 2.12. The molecule has 0 fully saturated rings. The average molecular weight is 251 g/mol. The van der Waals surface area contributed by atoms with Gasteiger partial charge in [-0.1, -0.05) is 0 Å². The Kier molecular flexibility index (Phi) is 2.37. The summed E-state index contributed by atoms with van der Waals surface area (Å²) in [5.74, 6) is 0. The first kappa shape index (κ1) is 11.0. The molecule has 1 aliphatic rings. The number of nitrogens with one attached hydrogen (secondary N) is 1. The van der Waals surface area contributed by atoms with E-state index in [0.717, 1.165) is 6.54 Å². The zero-order valence-corrected chi connectivity index (χ0v) is 11.4. The van der Waals surface area contributed by atoms with E-state index in [1.165, 1.54) is 53.2 Å². The van der Waals surface area contributed by atoms with E-state index in [1.807, 2.05) is 0 Å². The van der Waals surface area contributed by atoms with Crippen molar-refractivity contribution in [3.63, 3.8) is 0 Å². The van der Waals surface area contributed by atoms with Gasteiger partial charge in [0, 0.05) is 23.2 Å². The molecule has 2 aromatic heterocycles. The number of H-pyrrole nitrogens is 1. The summed E-state index contributed by atoms with van der Waals surface area (Å²) in [6.45, 7) is 3.21. The van der Waals surface area contributed by atoms with Gasteiger partial charge in [0.1, 0.15) is 6.54 Å². The maximum absolute atomic E-state index is 3.70. The molecule has 3 aromatic rings. The number of fused-ring (bicyclic) bond motifs is 5. The van der Waals surface area contributed by atoms with E-state index in [-0.39, 0.29) is 0 Å². The van der Waals surface area contributed by atoms with E-state index in [1.54, 1.807) is 5.56 Å². The van der Waals surface area contributed by atoms with Gasteiger partial charge in [-0.15, -0.1) is 0 Å². The van der Waals surface area contributed by atoms with Gasteiger partial charge >= 0.3 is 0 Å². The summed E-state index contributed by atoms with van der Waals surface area (Å²) in [6.07, 6.45) is 7.28. The lowest BCUT2D eigenvalue weighted by atomic mass is 9.95. The maximum atomic E-state index is 3.70. The molecular weight excluding hydrogens is 232 g/mol. The molecule has 0 unspecified atom stereocenters.